The Hall–Kier alpha value is -2.62. The Kier molecular flexibility index (Phi) is 9.01. The molecule has 0 saturated heterocycles. The van der Waals surface area contributed by atoms with E-state index >= 15 is 0 Å². The Morgan fingerprint density at radius 1 is 1.32 bits per heavy atom. The van der Waals surface area contributed by atoms with Gasteiger partial charge in [0.2, 0.25) is 0 Å². The van der Waals surface area contributed by atoms with Crippen LogP contribution in [0, 0.1) is 0 Å². The third kappa shape index (κ3) is 7.21. The van der Waals surface area contributed by atoms with Crippen LogP contribution in [0.5, 0.6) is 0 Å². The average molecular weight is 339 g/mol. The monoisotopic (exact) mass is 339 g/mol. The Labute approximate surface area is 151 Å². The lowest BCUT2D eigenvalue weighted by Gasteiger charge is -2.14. The van der Waals surface area contributed by atoms with E-state index in [1.807, 2.05) is 38.2 Å². The summed E-state index contributed by atoms with van der Waals surface area (Å²) in [6.45, 7) is 12.0. The van der Waals surface area contributed by atoms with Gasteiger partial charge in [-0.25, -0.2) is 0 Å². The summed E-state index contributed by atoms with van der Waals surface area (Å²) in [4.78, 5) is 7.91. The quantitative estimate of drug-likeness (QED) is 0.364. The first-order valence-corrected chi connectivity index (χ1v) is 8.54. The van der Waals surface area contributed by atoms with Crippen LogP contribution in [0.3, 0.4) is 0 Å². The molecule has 134 valence electrons. The third-order valence-electron chi connectivity index (χ3n) is 3.90. The highest BCUT2D eigenvalue weighted by molar-refractivity contribution is 5.98. The fourth-order valence-electron chi connectivity index (χ4n) is 2.25. The topological polar surface area (TPSA) is 57.0 Å². The van der Waals surface area contributed by atoms with Gasteiger partial charge in [0.1, 0.15) is 5.76 Å². The number of nitrogens with zero attached hydrogens (tertiary/aromatic N) is 2. The fraction of sp³-hybridized carbons (Fsp3) is 0.333. The lowest BCUT2D eigenvalue weighted by atomic mass is 10.1. The van der Waals surface area contributed by atoms with E-state index in [0.717, 1.165) is 35.4 Å². The van der Waals surface area contributed by atoms with Gasteiger partial charge in [-0.2, -0.15) is 0 Å². The molecule has 0 aliphatic heterocycles. The molecular weight excluding hydrogens is 310 g/mol. The van der Waals surface area contributed by atoms with Crippen LogP contribution in [-0.2, 0) is 0 Å². The summed E-state index contributed by atoms with van der Waals surface area (Å²) in [5.41, 5.74) is 4.99. The molecule has 0 radical (unpaired) electrons. The van der Waals surface area contributed by atoms with Crippen LogP contribution in [0.25, 0.3) is 0 Å². The predicted octanol–water partition coefficient (Wildman–Crippen LogP) is 5.17. The molecule has 0 fully saturated rings. The highest BCUT2D eigenvalue weighted by Crippen LogP contribution is 2.15. The van der Waals surface area contributed by atoms with Gasteiger partial charge in [-0.15, -0.1) is 0 Å². The maximum atomic E-state index is 10.4. The fourth-order valence-corrected chi connectivity index (χ4v) is 2.25. The van der Waals surface area contributed by atoms with Crippen molar-refractivity contribution >= 4 is 12.4 Å². The number of nitrogens with one attached hydrogen (secondary N) is 1. The summed E-state index contributed by atoms with van der Waals surface area (Å²) in [6, 6.07) is 0. The van der Waals surface area contributed by atoms with E-state index in [0.29, 0.717) is 12.3 Å². The zero-order valence-electron chi connectivity index (χ0n) is 15.7. The highest BCUT2D eigenvalue weighted by Gasteiger charge is 2.07. The first-order chi connectivity index (χ1) is 12.0. The first-order valence-electron chi connectivity index (χ1n) is 8.54. The van der Waals surface area contributed by atoms with E-state index in [-0.39, 0.29) is 0 Å². The minimum atomic E-state index is 0.292. The molecule has 1 rings (SSSR count). The van der Waals surface area contributed by atoms with Crippen molar-refractivity contribution in [1.82, 2.24) is 5.32 Å². The lowest BCUT2D eigenvalue weighted by molar-refractivity contribution is 0.409. The molecule has 4 heteroatoms. The molecule has 0 bridgehead atoms. The number of hydrogen-bond donors (Lipinski definition) is 2. The molecule has 0 heterocycles. The van der Waals surface area contributed by atoms with E-state index in [1.54, 1.807) is 12.4 Å². The molecule has 2 N–H and O–H groups in total. The van der Waals surface area contributed by atoms with Crippen molar-refractivity contribution in [2.24, 2.45) is 9.98 Å². The van der Waals surface area contributed by atoms with Crippen LogP contribution >= 0.6 is 0 Å². The van der Waals surface area contributed by atoms with Crippen molar-refractivity contribution in [1.29, 1.82) is 0 Å². The van der Waals surface area contributed by atoms with E-state index in [4.69, 9.17) is 0 Å². The Morgan fingerprint density at radius 3 is 2.64 bits per heavy atom. The van der Waals surface area contributed by atoms with Crippen LogP contribution in [-0.4, -0.2) is 24.1 Å². The second kappa shape index (κ2) is 11.0. The zero-order valence-corrected chi connectivity index (χ0v) is 15.7. The molecule has 0 aromatic carbocycles. The van der Waals surface area contributed by atoms with Gasteiger partial charge >= 0.3 is 0 Å². The van der Waals surface area contributed by atoms with E-state index in [1.165, 1.54) is 5.57 Å². The molecule has 0 atom stereocenters. The van der Waals surface area contributed by atoms with Crippen molar-refractivity contribution in [3.05, 3.63) is 71.0 Å². The molecule has 1 aliphatic carbocycles. The predicted molar refractivity (Wildman–Crippen MR) is 109 cm³/mol. The molecule has 0 amide bonds. The molecule has 0 unspecified atom stereocenters. The summed E-state index contributed by atoms with van der Waals surface area (Å²) in [5, 5.41) is 13.7. The number of aliphatic hydroxyl groups excluding tert-OH is 1. The second-order valence-corrected chi connectivity index (χ2v) is 5.85. The smallest absolute Gasteiger partial charge is 0.141 e. The minimum Gasteiger partial charge on any atom is -0.506 e. The Morgan fingerprint density at radius 2 is 2.08 bits per heavy atom. The highest BCUT2D eigenvalue weighted by atomic mass is 16.3. The SMILES string of the molecule is C=N/C=C\N=C1C=CC(CNC(=C/C)/C(O)=C(C)\C=C(/C)CC)=CC1. The van der Waals surface area contributed by atoms with E-state index in [2.05, 4.69) is 41.9 Å². The van der Waals surface area contributed by atoms with Crippen molar-refractivity contribution in [3.8, 4) is 0 Å². The number of aliphatic imine (C=N–C) groups is 2. The van der Waals surface area contributed by atoms with E-state index < -0.39 is 0 Å². The minimum absolute atomic E-state index is 0.292. The summed E-state index contributed by atoms with van der Waals surface area (Å²) in [5.74, 6) is 0.292. The molecule has 0 saturated carbocycles. The molecule has 25 heavy (non-hydrogen) atoms. The van der Waals surface area contributed by atoms with Crippen molar-refractivity contribution < 1.29 is 5.11 Å². The lowest BCUT2D eigenvalue weighted by Crippen LogP contribution is -2.19. The summed E-state index contributed by atoms with van der Waals surface area (Å²) in [6.07, 6.45) is 15.0. The molecule has 0 spiro atoms. The van der Waals surface area contributed by atoms with Gasteiger partial charge in [0.15, 0.2) is 0 Å². The average Bonchev–Trinajstić information content (AvgIpc) is 2.63. The number of hydrogen-bond acceptors (Lipinski definition) is 4. The van der Waals surface area contributed by atoms with Gasteiger partial charge in [-0.3, -0.25) is 9.98 Å². The molecular formula is C21H29N3O. The molecule has 0 aromatic heterocycles. The van der Waals surface area contributed by atoms with Gasteiger partial charge in [-0.05, 0) is 51.1 Å². The standard InChI is InChI=1S/C21H29N3O/c1-6-16(3)14-17(4)21(25)20(7-2)24-15-18-8-10-19(11-9-18)23-13-12-22-5/h7-10,12-14,24-25H,5-6,11,15H2,1-4H3/b13-12-,16-14+,20-7+,21-17+,23-19?. The van der Waals surface area contributed by atoms with Gasteiger partial charge in [0.05, 0.1) is 5.70 Å². The van der Waals surface area contributed by atoms with Crippen LogP contribution < -0.4 is 5.32 Å². The Bertz CT molecular complexity index is 686. The second-order valence-electron chi connectivity index (χ2n) is 5.85. The number of allylic oxidation sites excluding steroid dienone is 6. The maximum Gasteiger partial charge on any atom is 0.141 e. The maximum absolute atomic E-state index is 10.4. The summed E-state index contributed by atoms with van der Waals surface area (Å²) in [7, 11) is 0. The van der Waals surface area contributed by atoms with Crippen molar-refractivity contribution in [2.75, 3.05) is 6.54 Å². The van der Waals surface area contributed by atoms with Crippen LogP contribution in [0.4, 0.5) is 0 Å². The number of rotatable bonds is 8. The summed E-state index contributed by atoms with van der Waals surface area (Å²) < 4.78 is 0. The zero-order chi connectivity index (χ0) is 18.7. The first kappa shape index (κ1) is 20.4. The third-order valence-corrected chi connectivity index (χ3v) is 3.90. The van der Waals surface area contributed by atoms with E-state index in [9.17, 15) is 5.11 Å². The molecule has 0 aromatic rings. The van der Waals surface area contributed by atoms with Gasteiger partial charge < -0.3 is 10.4 Å². The largest absolute Gasteiger partial charge is 0.506 e. The van der Waals surface area contributed by atoms with Gasteiger partial charge in [-0.1, -0.05) is 36.8 Å². The van der Waals surface area contributed by atoms with Crippen molar-refractivity contribution in [2.45, 2.75) is 40.5 Å². The van der Waals surface area contributed by atoms with Crippen LogP contribution in [0.15, 0.2) is 80.9 Å². The summed E-state index contributed by atoms with van der Waals surface area (Å²) >= 11 is 0. The normalized spacial score (nSPS) is 18.4. The van der Waals surface area contributed by atoms with Crippen LogP contribution in [0.2, 0.25) is 0 Å². The van der Waals surface area contributed by atoms with Crippen LogP contribution in [0.1, 0.15) is 40.5 Å². The van der Waals surface area contributed by atoms with Gasteiger partial charge in [0.25, 0.3) is 0 Å². The molecule has 4 nitrogen and oxygen atoms in total. The Balaban J connectivity index is 2.70. The van der Waals surface area contributed by atoms with Gasteiger partial charge in [0, 0.05) is 31.1 Å². The van der Waals surface area contributed by atoms with Crippen molar-refractivity contribution in [3.63, 3.8) is 0 Å². The molecule has 1 aliphatic rings. The number of aliphatic hydroxyl groups is 1.